The second-order valence-corrected chi connectivity index (χ2v) is 3.13. The quantitative estimate of drug-likeness (QED) is 0.681. The van der Waals surface area contributed by atoms with E-state index < -0.39 is 0 Å². The molecule has 0 radical (unpaired) electrons. The molecule has 0 aromatic rings. The highest BCUT2D eigenvalue weighted by atomic mass is 16.2. The Bertz CT molecular complexity index is 249. The Morgan fingerprint density at radius 2 is 1.69 bits per heavy atom. The lowest BCUT2D eigenvalue weighted by molar-refractivity contribution is -0.142. The van der Waals surface area contributed by atoms with Gasteiger partial charge in [-0.15, -0.1) is 0 Å². The van der Waals surface area contributed by atoms with E-state index in [2.05, 4.69) is 0 Å². The minimum atomic E-state index is -0.253. The number of hydrogen-bond acceptors (Lipinski definition) is 3. The van der Waals surface area contributed by atoms with Crippen molar-refractivity contribution in [2.75, 3.05) is 6.54 Å². The smallest absolute Gasteiger partial charge is 0.232 e. The highest BCUT2D eigenvalue weighted by Gasteiger charge is 2.35. The minimum Gasteiger partial charge on any atom is -0.298 e. The van der Waals surface area contributed by atoms with Crippen LogP contribution in [0.25, 0.3) is 0 Å². The van der Waals surface area contributed by atoms with Crippen molar-refractivity contribution in [3.63, 3.8) is 0 Å². The molecule has 0 aromatic heterocycles. The highest BCUT2D eigenvalue weighted by molar-refractivity contribution is 6.05. The van der Waals surface area contributed by atoms with Crippen LogP contribution in [-0.4, -0.2) is 29.0 Å². The third-order valence-corrected chi connectivity index (χ3v) is 1.85. The monoisotopic (exact) mass is 229 g/mol. The molecule has 0 saturated carbocycles. The fourth-order valence-corrected chi connectivity index (χ4v) is 1.24. The van der Waals surface area contributed by atoms with E-state index in [4.69, 9.17) is 0 Å². The van der Waals surface area contributed by atoms with Crippen molar-refractivity contribution in [1.29, 1.82) is 0 Å². The van der Waals surface area contributed by atoms with Crippen LogP contribution < -0.4 is 0 Å². The zero-order valence-corrected chi connectivity index (χ0v) is 11.2. The lowest BCUT2D eigenvalue weighted by Crippen LogP contribution is -2.34. The van der Waals surface area contributed by atoms with Gasteiger partial charge in [0.2, 0.25) is 11.8 Å². The second kappa shape index (κ2) is 9.07. The summed E-state index contributed by atoms with van der Waals surface area (Å²) in [5.41, 5.74) is 0. The summed E-state index contributed by atoms with van der Waals surface area (Å²) >= 11 is 0. The van der Waals surface area contributed by atoms with Gasteiger partial charge in [-0.1, -0.05) is 34.6 Å². The SMILES string of the molecule is CC.CC.CC(=O)CN1C(=O)CC(C)C1=O. The Labute approximate surface area is 98.0 Å². The van der Waals surface area contributed by atoms with E-state index in [1.807, 2.05) is 27.7 Å². The molecule has 0 N–H and O–H groups in total. The highest BCUT2D eigenvalue weighted by Crippen LogP contribution is 2.17. The summed E-state index contributed by atoms with van der Waals surface area (Å²) in [6, 6.07) is 0. The molecule has 1 aliphatic heterocycles. The van der Waals surface area contributed by atoms with Gasteiger partial charge in [0.15, 0.2) is 0 Å². The molecular formula is C12H23NO3. The normalized spacial score (nSPS) is 18.4. The number of nitrogens with zero attached hydrogens (tertiary/aromatic N) is 1. The van der Waals surface area contributed by atoms with Crippen LogP contribution in [0.15, 0.2) is 0 Å². The molecule has 16 heavy (non-hydrogen) atoms. The average Bonchev–Trinajstić information content (AvgIpc) is 2.51. The number of amides is 2. The van der Waals surface area contributed by atoms with Crippen LogP contribution in [0.1, 0.15) is 48.0 Å². The van der Waals surface area contributed by atoms with Gasteiger partial charge in [0.25, 0.3) is 0 Å². The van der Waals surface area contributed by atoms with Crippen molar-refractivity contribution in [3.05, 3.63) is 0 Å². The van der Waals surface area contributed by atoms with Crippen LogP contribution in [0.2, 0.25) is 0 Å². The number of likely N-dealkylation sites (tertiary alicyclic amines) is 1. The summed E-state index contributed by atoms with van der Waals surface area (Å²) in [7, 11) is 0. The lowest BCUT2D eigenvalue weighted by atomic mass is 10.1. The predicted molar refractivity (Wildman–Crippen MR) is 63.9 cm³/mol. The maximum absolute atomic E-state index is 11.2. The summed E-state index contributed by atoms with van der Waals surface area (Å²) in [5.74, 6) is -0.874. The van der Waals surface area contributed by atoms with Crippen LogP contribution in [0, 0.1) is 5.92 Å². The largest absolute Gasteiger partial charge is 0.298 e. The zero-order chi connectivity index (χ0) is 13.3. The number of carbonyl (C=O) groups excluding carboxylic acids is 3. The van der Waals surface area contributed by atoms with E-state index in [0.29, 0.717) is 0 Å². The topological polar surface area (TPSA) is 54.5 Å². The van der Waals surface area contributed by atoms with Crippen molar-refractivity contribution < 1.29 is 14.4 Å². The molecule has 2 amide bonds. The number of ketones is 1. The van der Waals surface area contributed by atoms with Crippen LogP contribution in [0.5, 0.6) is 0 Å². The van der Waals surface area contributed by atoms with Gasteiger partial charge in [-0.05, 0) is 6.92 Å². The van der Waals surface area contributed by atoms with E-state index >= 15 is 0 Å². The van der Waals surface area contributed by atoms with Crippen molar-refractivity contribution in [2.45, 2.75) is 48.0 Å². The molecule has 4 heteroatoms. The van der Waals surface area contributed by atoms with E-state index in [-0.39, 0.29) is 36.5 Å². The predicted octanol–water partition coefficient (Wildman–Crippen LogP) is 2.02. The molecule has 0 bridgehead atoms. The zero-order valence-electron chi connectivity index (χ0n) is 11.2. The molecule has 1 rings (SSSR count). The van der Waals surface area contributed by atoms with Gasteiger partial charge < -0.3 is 0 Å². The van der Waals surface area contributed by atoms with E-state index in [0.717, 1.165) is 4.90 Å². The van der Waals surface area contributed by atoms with Gasteiger partial charge in [-0.25, -0.2) is 0 Å². The van der Waals surface area contributed by atoms with Crippen molar-refractivity contribution in [3.8, 4) is 0 Å². The molecule has 1 saturated heterocycles. The first-order valence-corrected chi connectivity index (χ1v) is 5.86. The summed E-state index contributed by atoms with van der Waals surface area (Å²) in [6.07, 6.45) is 0.242. The molecule has 0 aromatic carbocycles. The van der Waals surface area contributed by atoms with Gasteiger partial charge in [-0.3, -0.25) is 19.3 Å². The average molecular weight is 229 g/mol. The Hall–Kier alpha value is -1.19. The molecule has 1 aliphatic rings. The molecule has 0 spiro atoms. The lowest BCUT2D eigenvalue weighted by Gasteiger charge is -2.10. The molecule has 94 valence electrons. The summed E-state index contributed by atoms with van der Waals surface area (Å²) < 4.78 is 0. The summed E-state index contributed by atoms with van der Waals surface area (Å²) in [6.45, 7) is 11.0. The molecule has 1 fully saturated rings. The molecule has 4 nitrogen and oxygen atoms in total. The number of hydrogen-bond donors (Lipinski definition) is 0. The molecular weight excluding hydrogens is 206 g/mol. The minimum absolute atomic E-state index is 0.0675. The maximum Gasteiger partial charge on any atom is 0.232 e. The molecule has 1 unspecified atom stereocenters. The fraction of sp³-hybridized carbons (Fsp3) is 0.750. The van der Waals surface area contributed by atoms with Gasteiger partial charge in [0.1, 0.15) is 5.78 Å². The Morgan fingerprint density at radius 1 is 1.25 bits per heavy atom. The fourth-order valence-electron chi connectivity index (χ4n) is 1.24. The van der Waals surface area contributed by atoms with Gasteiger partial charge in [0, 0.05) is 12.3 Å². The Balaban J connectivity index is 0. The van der Waals surface area contributed by atoms with Gasteiger partial charge >= 0.3 is 0 Å². The standard InChI is InChI=1S/C8H11NO3.2C2H6/c1-5-3-7(11)9(8(5)12)4-6(2)10;2*1-2/h5H,3-4H2,1-2H3;2*1-2H3. The Kier molecular flexibility index (Phi) is 9.75. The first-order chi connectivity index (χ1) is 7.52. The first kappa shape index (κ1) is 17.2. The maximum atomic E-state index is 11.2. The van der Waals surface area contributed by atoms with E-state index in [1.165, 1.54) is 6.92 Å². The molecule has 1 heterocycles. The van der Waals surface area contributed by atoms with Crippen molar-refractivity contribution in [2.24, 2.45) is 5.92 Å². The Morgan fingerprint density at radius 3 is 1.94 bits per heavy atom. The number of imide groups is 1. The summed E-state index contributed by atoms with van der Waals surface area (Å²) in [4.78, 5) is 34.0. The molecule has 0 aliphatic carbocycles. The van der Waals surface area contributed by atoms with E-state index in [9.17, 15) is 14.4 Å². The summed E-state index contributed by atoms with van der Waals surface area (Å²) in [5, 5.41) is 0. The number of rotatable bonds is 2. The van der Waals surface area contributed by atoms with Crippen LogP contribution in [0.4, 0.5) is 0 Å². The van der Waals surface area contributed by atoms with E-state index in [1.54, 1.807) is 6.92 Å². The number of carbonyl (C=O) groups is 3. The molecule has 1 atom stereocenters. The van der Waals surface area contributed by atoms with Crippen LogP contribution in [-0.2, 0) is 14.4 Å². The van der Waals surface area contributed by atoms with Crippen molar-refractivity contribution >= 4 is 17.6 Å². The van der Waals surface area contributed by atoms with Crippen LogP contribution in [0.3, 0.4) is 0 Å². The first-order valence-electron chi connectivity index (χ1n) is 5.86. The van der Waals surface area contributed by atoms with Gasteiger partial charge in [0.05, 0.1) is 6.54 Å². The van der Waals surface area contributed by atoms with Crippen LogP contribution >= 0.6 is 0 Å². The number of Topliss-reactive ketones (excluding diaryl/α,β-unsaturated/α-hetero) is 1. The third-order valence-electron chi connectivity index (χ3n) is 1.85. The third kappa shape index (κ3) is 5.05. The second-order valence-electron chi connectivity index (χ2n) is 3.13. The van der Waals surface area contributed by atoms with Crippen molar-refractivity contribution in [1.82, 2.24) is 4.90 Å². The van der Waals surface area contributed by atoms with Gasteiger partial charge in [-0.2, -0.15) is 0 Å².